The Morgan fingerprint density at radius 3 is 2.42 bits per heavy atom. The lowest BCUT2D eigenvalue weighted by Crippen LogP contribution is -2.57. The van der Waals surface area contributed by atoms with Crippen molar-refractivity contribution in [2.45, 2.75) is 32.7 Å². The van der Waals surface area contributed by atoms with Crippen molar-refractivity contribution in [1.82, 2.24) is 10.2 Å². The third-order valence-electron chi connectivity index (χ3n) is 2.31. The molecule has 0 aromatic rings. The SMILES string of the molecule is CC.O=C1CCCN1C1CNC1. The van der Waals surface area contributed by atoms with E-state index in [9.17, 15) is 4.79 Å². The first-order valence-corrected chi connectivity index (χ1v) is 4.88. The number of hydrogen-bond donors (Lipinski definition) is 1. The lowest BCUT2D eigenvalue weighted by molar-refractivity contribution is -0.130. The van der Waals surface area contributed by atoms with Crippen LogP contribution in [0, 0.1) is 0 Å². The van der Waals surface area contributed by atoms with Gasteiger partial charge in [-0.3, -0.25) is 4.79 Å². The van der Waals surface area contributed by atoms with Crippen LogP contribution in [0.3, 0.4) is 0 Å². The Kier molecular flexibility index (Phi) is 3.53. The maximum atomic E-state index is 11.1. The molecule has 0 aromatic heterocycles. The molecule has 12 heavy (non-hydrogen) atoms. The van der Waals surface area contributed by atoms with Crippen molar-refractivity contribution < 1.29 is 4.79 Å². The van der Waals surface area contributed by atoms with E-state index in [1.54, 1.807) is 0 Å². The monoisotopic (exact) mass is 170 g/mol. The molecule has 0 aliphatic carbocycles. The van der Waals surface area contributed by atoms with E-state index in [1.807, 2.05) is 18.7 Å². The Hall–Kier alpha value is -0.570. The van der Waals surface area contributed by atoms with Crippen LogP contribution in [0.5, 0.6) is 0 Å². The Bertz CT molecular complexity index is 155. The molecule has 0 aromatic carbocycles. The molecule has 0 saturated carbocycles. The van der Waals surface area contributed by atoms with Crippen molar-refractivity contribution in [3.05, 3.63) is 0 Å². The highest BCUT2D eigenvalue weighted by molar-refractivity contribution is 5.78. The Balaban J connectivity index is 0.000000336. The standard InChI is InChI=1S/C7H12N2O.C2H6/c10-7-2-1-3-9(7)6-4-8-5-6;1-2/h6,8H,1-5H2;1-2H3. The van der Waals surface area contributed by atoms with E-state index in [0.717, 1.165) is 32.5 Å². The van der Waals surface area contributed by atoms with Crippen LogP contribution in [0.15, 0.2) is 0 Å². The number of nitrogens with one attached hydrogen (secondary N) is 1. The van der Waals surface area contributed by atoms with E-state index in [0.29, 0.717) is 11.9 Å². The quantitative estimate of drug-likeness (QED) is 0.625. The third-order valence-corrected chi connectivity index (χ3v) is 2.31. The van der Waals surface area contributed by atoms with Crippen LogP contribution < -0.4 is 5.32 Å². The highest BCUT2D eigenvalue weighted by atomic mass is 16.2. The van der Waals surface area contributed by atoms with Crippen LogP contribution in [-0.2, 0) is 4.79 Å². The van der Waals surface area contributed by atoms with Gasteiger partial charge in [0.15, 0.2) is 0 Å². The van der Waals surface area contributed by atoms with Gasteiger partial charge < -0.3 is 10.2 Å². The number of hydrogen-bond acceptors (Lipinski definition) is 2. The molecule has 0 bridgehead atoms. The number of likely N-dealkylation sites (tertiary alicyclic amines) is 1. The highest BCUT2D eigenvalue weighted by Gasteiger charge is 2.31. The summed E-state index contributed by atoms with van der Waals surface area (Å²) in [5.74, 6) is 0.353. The summed E-state index contributed by atoms with van der Waals surface area (Å²) in [6.45, 7) is 7.00. The zero-order valence-corrected chi connectivity index (χ0v) is 7.97. The van der Waals surface area contributed by atoms with Gasteiger partial charge in [-0.05, 0) is 6.42 Å². The minimum absolute atomic E-state index is 0.353. The minimum Gasteiger partial charge on any atom is -0.337 e. The number of carbonyl (C=O) groups is 1. The summed E-state index contributed by atoms with van der Waals surface area (Å²) in [6, 6.07) is 0.523. The van der Waals surface area contributed by atoms with Crippen LogP contribution in [-0.4, -0.2) is 36.5 Å². The summed E-state index contributed by atoms with van der Waals surface area (Å²) in [4.78, 5) is 13.1. The molecule has 2 heterocycles. The summed E-state index contributed by atoms with van der Waals surface area (Å²) in [7, 11) is 0. The average molecular weight is 170 g/mol. The topological polar surface area (TPSA) is 32.3 Å². The van der Waals surface area contributed by atoms with Gasteiger partial charge in [0.25, 0.3) is 0 Å². The maximum absolute atomic E-state index is 11.1. The molecule has 70 valence electrons. The summed E-state index contributed by atoms with van der Waals surface area (Å²) in [5, 5.41) is 3.16. The zero-order chi connectivity index (χ0) is 8.97. The first kappa shape index (κ1) is 9.52. The van der Waals surface area contributed by atoms with Gasteiger partial charge in [-0.15, -0.1) is 0 Å². The average Bonchev–Trinajstić information content (AvgIpc) is 2.38. The van der Waals surface area contributed by atoms with Gasteiger partial charge in [-0.25, -0.2) is 0 Å². The van der Waals surface area contributed by atoms with Gasteiger partial charge in [-0.2, -0.15) is 0 Å². The van der Waals surface area contributed by atoms with Gasteiger partial charge in [0, 0.05) is 26.1 Å². The lowest BCUT2D eigenvalue weighted by atomic mass is 10.1. The molecule has 0 unspecified atom stereocenters. The molecule has 0 spiro atoms. The molecule has 2 saturated heterocycles. The van der Waals surface area contributed by atoms with E-state index >= 15 is 0 Å². The summed E-state index contributed by atoms with van der Waals surface area (Å²) < 4.78 is 0. The van der Waals surface area contributed by atoms with Gasteiger partial charge in [0.2, 0.25) is 5.91 Å². The lowest BCUT2D eigenvalue weighted by Gasteiger charge is -2.35. The molecule has 1 N–H and O–H groups in total. The van der Waals surface area contributed by atoms with Gasteiger partial charge in [0.05, 0.1) is 6.04 Å². The van der Waals surface area contributed by atoms with E-state index < -0.39 is 0 Å². The van der Waals surface area contributed by atoms with Crippen molar-refractivity contribution in [3.8, 4) is 0 Å². The molecular formula is C9H18N2O. The van der Waals surface area contributed by atoms with Crippen molar-refractivity contribution in [2.24, 2.45) is 0 Å². The molecule has 2 rings (SSSR count). The van der Waals surface area contributed by atoms with Crippen LogP contribution in [0.4, 0.5) is 0 Å². The fourth-order valence-corrected chi connectivity index (χ4v) is 1.55. The predicted molar refractivity (Wildman–Crippen MR) is 49.0 cm³/mol. The molecule has 2 aliphatic rings. The van der Waals surface area contributed by atoms with E-state index in [1.165, 1.54) is 0 Å². The second-order valence-electron chi connectivity index (χ2n) is 3.00. The fraction of sp³-hybridized carbons (Fsp3) is 0.889. The Labute approximate surface area is 74.1 Å². The molecule has 1 amide bonds. The van der Waals surface area contributed by atoms with E-state index in [-0.39, 0.29) is 0 Å². The third kappa shape index (κ3) is 1.78. The summed E-state index contributed by atoms with van der Waals surface area (Å²) in [5.41, 5.74) is 0. The predicted octanol–water partition coefficient (Wildman–Crippen LogP) is 0.607. The first-order valence-electron chi connectivity index (χ1n) is 4.88. The summed E-state index contributed by atoms with van der Waals surface area (Å²) >= 11 is 0. The largest absolute Gasteiger partial charge is 0.337 e. The molecule has 3 nitrogen and oxygen atoms in total. The van der Waals surface area contributed by atoms with E-state index in [2.05, 4.69) is 5.32 Å². The van der Waals surface area contributed by atoms with Crippen molar-refractivity contribution in [1.29, 1.82) is 0 Å². The van der Waals surface area contributed by atoms with Gasteiger partial charge in [0.1, 0.15) is 0 Å². The van der Waals surface area contributed by atoms with Crippen LogP contribution >= 0.6 is 0 Å². The van der Waals surface area contributed by atoms with E-state index in [4.69, 9.17) is 0 Å². The van der Waals surface area contributed by atoms with Crippen molar-refractivity contribution in [2.75, 3.05) is 19.6 Å². The van der Waals surface area contributed by atoms with Gasteiger partial charge >= 0.3 is 0 Å². The van der Waals surface area contributed by atoms with Crippen LogP contribution in [0.1, 0.15) is 26.7 Å². The van der Waals surface area contributed by atoms with Gasteiger partial charge in [-0.1, -0.05) is 13.8 Å². The Morgan fingerprint density at radius 1 is 1.42 bits per heavy atom. The molecule has 3 heteroatoms. The smallest absolute Gasteiger partial charge is 0.222 e. The fourth-order valence-electron chi connectivity index (χ4n) is 1.55. The normalized spacial score (nSPS) is 23.2. The first-order chi connectivity index (χ1) is 5.88. The van der Waals surface area contributed by atoms with Crippen molar-refractivity contribution >= 4 is 5.91 Å². The highest BCUT2D eigenvalue weighted by Crippen LogP contribution is 2.15. The molecule has 0 atom stereocenters. The number of rotatable bonds is 1. The van der Waals surface area contributed by atoms with Crippen LogP contribution in [0.2, 0.25) is 0 Å². The Morgan fingerprint density at radius 2 is 2.08 bits per heavy atom. The second kappa shape index (κ2) is 4.45. The maximum Gasteiger partial charge on any atom is 0.222 e. The zero-order valence-electron chi connectivity index (χ0n) is 7.97. The molecule has 0 radical (unpaired) electrons. The number of carbonyl (C=O) groups excluding carboxylic acids is 1. The molecule has 2 aliphatic heterocycles. The second-order valence-corrected chi connectivity index (χ2v) is 3.00. The summed E-state index contributed by atoms with van der Waals surface area (Å²) in [6.07, 6.45) is 1.84. The number of nitrogens with zero attached hydrogens (tertiary/aromatic N) is 1. The molecular weight excluding hydrogens is 152 g/mol. The van der Waals surface area contributed by atoms with Crippen molar-refractivity contribution in [3.63, 3.8) is 0 Å². The number of amides is 1. The minimum atomic E-state index is 0.353. The molecule has 2 fully saturated rings. The van der Waals surface area contributed by atoms with Crippen LogP contribution in [0.25, 0.3) is 0 Å².